The highest BCUT2D eigenvalue weighted by Crippen LogP contribution is 2.31. The first-order valence-electron chi connectivity index (χ1n) is 5.12. The number of aromatic nitrogens is 2. The van der Waals surface area contributed by atoms with Crippen LogP contribution in [0, 0.1) is 0 Å². The topological polar surface area (TPSA) is 72.3 Å². The molecule has 0 amide bonds. The third kappa shape index (κ3) is 2.85. The van der Waals surface area contributed by atoms with Gasteiger partial charge < -0.3 is 9.84 Å². The lowest BCUT2D eigenvalue weighted by Crippen LogP contribution is -2.04. The first kappa shape index (κ1) is 13.8. The number of carbonyl (C=O) groups is 1. The van der Waals surface area contributed by atoms with Gasteiger partial charge in [0.05, 0.1) is 17.1 Å². The Bertz CT molecular complexity index is 649. The van der Waals surface area contributed by atoms with Crippen LogP contribution in [0.4, 0.5) is 0 Å². The van der Waals surface area contributed by atoms with Crippen LogP contribution in [0.2, 0.25) is 5.02 Å². The smallest absolute Gasteiger partial charge is 0.355 e. The minimum absolute atomic E-state index is 0.109. The number of hydrogen-bond acceptors (Lipinski definition) is 4. The largest absolute Gasteiger partial charge is 0.496 e. The van der Waals surface area contributed by atoms with Gasteiger partial charge in [0.2, 0.25) is 0 Å². The first-order valence-corrected chi connectivity index (χ1v) is 6.29. The maximum absolute atomic E-state index is 11.0. The van der Waals surface area contributed by atoms with Gasteiger partial charge in [0.1, 0.15) is 5.75 Å². The predicted octanol–water partition coefficient (Wildman–Crippen LogP) is 3.27. The predicted molar refractivity (Wildman–Crippen MR) is 73.7 cm³/mol. The van der Waals surface area contributed by atoms with Crippen LogP contribution in [0.15, 0.2) is 28.9 Å². The van der Waals surface area contributed by atoms with Crippen molar-refractivity contribution in [2.45, 2.75) is 0 Å². The molecule has 7 heteroatoms. The van der Waals surface area contributed by atoms with Gasteiger partial charge >= 0.3 is 5.97 Å². The number of carboxylic acid groups (broad SMARTS) is 1. The van der Waals surface area contributed by atoms with Gasteiger partial charge in [0, 0.05) is 11.2 Å². The number of hydrogen-bond donors (Lipinski definition) is 1. The quantitative estimate of drug-likeness (QED) is 0.926. The molecule has 1 N–H and O–H groups in total. The second-order valence-electron chi connectivity index (χ2n) is 3.54. The standard InChI is InChI=1S/C12H8BrClN2O3/c1-19-9-4-6(14)2-3-7(9)11-15-5-8(13)10(16-11)12(17)18/h2-5H,1H3,(H,17,18). The van der Waals surface area contributed by atoms with Crippen molar-refractivity contribution in [1.29, 1.82) is 0 Å². The SMILES string of the molecule is COc1cc(Cl)ccc1-c1ncc(Br)c(C(=O)O)n1. The average Bonchev–Trinajstić information content (AvgIpc) is 2.39. The van der Waals surface area contributed by atoms with E-state index >= 15 is 0 Å². The van der Waals surface area contributed by atoms with Crippen molar-refractivity contribution in [2.24, 2.45) is 0 Å². The van der Waals surface area contributed by atoms with Crippen LogP contribution in [0.3, 0.4) is 0 Å². The molecule has 2 aromatic rings. The summed E-state index contributed by atoms with van der Waals surface area (Å²) < 4.78 is 5.50. The van der Waals surface area contributed by atoms with Gasteiger partial charge in [-0.2, -0.15) is 0 Å². The fraction of sp³-hybridized carbons (Fsp3) is 0.0833. The molecule has 5 nitrogen and oxygen atoms in total. The van der Waals surface area contributed by atoms with Gasteiger partial charge in [0.15, 0.2) is 11.5 Å². The van der Waals surface area contributed by atoms with Gasteiger partial charge in [-0.25, -0.2) is 14.8 Å². The Hall–Kier alpha value is -1.66. The van der Waals surface area contributed by atoms with E-state index in [1.165, 1.54) is 13.3 Å². The lowest BCUT2D eigenvalue weighted by atomic mass is 10.2. The molecule has 0 radical (unpaired) electrons. The van der Waals surface area contributed by atoms with E-state index in [0.29, 0.717) is 20.8 Å². The highest BCUT2D eigenvalue weighted by molar-refractivity contribution is 9.10. The van der Waals surface area contributed by atoms with Crippen molar-refractivity contribution < 1.29 is 14.6 Å². The minimum atomic E-state index is -1.14. The summed E-state index contributed by atoms with van der Waals surface area (Å²) in [5, 5.41) is 9.55. The Morgan fingerprint density at radius 3 is 2.84 bits per heavy atom. The van der Waals surface area contributed by atoms with Crippen molar-refractivity contribution >= 4 is 33.5 Å². The maximum Gasteiger partial charge on any atom is 0.355 e. The van der Waals surface area contributed by atoms with Crippen molar-refractivity contribution in [3.8, 4) is 17.1 Å². The van der Waals surface area contributed by atoms with E-state index in [1.54, 1.807) is 18.2 Å². The van der Waals surface area contributed by atoms with Crippen LogP contribution in [-0.2, 0) is 0 Å². The molecule has 0 aliphatic carbocycles. The Labute approximate surface area is 122 Å². The zero-order valence-electron chi connectivity index (χ0n) is 9.72. The van der Waals surface area contributed by atoms with Gasteiger partial charge in [-0.3, -0.25) is 0 Å². The summed E-state index contributed by atoms with van der Waals surface area (Å²) in [7, 11) is 1.49. The van der Waals surface area contributed by atoms with E-state index in [-0.39, 0.29) is 11.5 Å². The molecule has 0 saturated carbocycles. The highest BCUT2D eigenvalue weighted by Gasteiger charge is 2.15. The van der Waals surface area contributed by atoms with E-state index in [2.05, 4.69) is 25.9 Å². The lowest BCUT2D eigenvalue weighted by Gasteiger charge is -2.08. The monoisotopic (exact) mass is 342 g/mol. The van der Waals surface area contributed by atoms with Gasteiger partial charge in [0.25, 0.3) is 0 Å². The summed E-state index contributed by atoms with van der Waals surface area (Å²) in [6, 6.07) is 4.95. The van der Waals surface area contributed by atoms with Crippen LogP contribution in [0.1, 0.15) is 10.5 Å². The molecule has 1 aromatic carbocycles. The normalized spacial score (nSPS) is 10.3. The molecule has 0 aliphatic heterocycles. The number of rotatable bonds is 3. The molecule has 19 heavy (non-hydrogen) atoms. The fourth-order valence-electron chi connectivity index (χ4n) is 1.50. The lowest BCUT2D eigenvalue weighted by molar-refractivity contribution is 0.0689. The number of carboxylic acids is 1. The number of aromatic carboxylic acids is 1. The molecular weight excluding hydrogens is 336 g/mol. The molecule has 0 bridgehead atoms. The van der Waals surface area contributed by atoms with Gasteiger partial charge in [-0.1, -0.05) is 11.6 Å². The van der Waals surface area contributed by atoms with Crippen LogP contribution < -0.4 is 4.74 Å². The number of ether oxygens (including phenoxy) is 1. The summed E-state index contributed by atoms with van der Waals surface area (Å²) in [5.74, 6) is -0.399. The molecule has 1 aromatic heterocycles. The number of benzene rings is 1. The molecule has 0 fully saturated rings. The average molecular weight is 344 g/mol. The Morgan fingerprint density at radius 1 is 1.47 bits per heavy atom. The van der Waals surface area contributed by atoms with E-state index < -0.39 is 5.97 Å². The van der Waals surface area contributed by atoms with Crippen molar-refractivity contribution in [3.63, 3.8) is 0 Å². The maximum atomic E-state index is 11.0. The summed E-state index contributed by atoms with van der Waals surface area (Å²) >= 11 is 8.96. The summed E-state index contributed by atoms with van der Waals surface area (Å²) in [4.78, 5) is 19.1. The van der Waals surface area contributed by atoms with E-state index in [9.17, 15) is 4.79 Å². The molecule has 0 spiro atoms. The molecule has 0 unspecified atom stereocenters. The zero-order chi connectivity index (χ0) is 14.0. The second kappa shape index (κ2) is 5.54. The molecule has 0 atom stereocenters. The van der Waals surface area contributed by atoms with E-state index in [1.807, 2.05) is 0 Å². The second-order valence-corrected chi connectivity index (χ2v) is 4.83. The third-order valence-corrected chi connectivity index (χ3v) is 3.17. The minimum Gasteiger partial charge on any atom is -0.496 e. The van der Waals surface area contributed by atoms with Crippen molar-refractivity contribution in [1.82, 2.24) is 9.97 Å². The van der Waals surface area contributed by atoms with Crippen LogP contribution in [0.25, 0.3) is 11.4 Å². The number of nitrogens with zero attached hydrogens (tertiary/aromatic N) is 2. The third-order valence-electron chi connectivity index (χ3n) is 2.35. The number of methoxy groups -OCH3 is 1. The van der Waals surface area contributed by atoms with Gasteiger partial charge in [-0.15, -0.1) is 0 Å². The zero-order valence-corrected chi connectivity index (χ0v) is 12.1. The highest BCUT2D eigenvalue weighted by atomic mass is 79.9. The Kier molecular flexibility index (Phi) is 4.01. The van der Waals surface area contributed by atoms with Crippen molar-refractivity contribution in [2.75, 3.05) is 7.11 Å². The van der Waals surface area contributed by atoms with E-state index in [4.69, 9.17) is 21.4 Å². The molecule has 0 saturated heterocycles. The van der Waals surface area contributed by atoms with Crippen LogP contribution in [0.5, 0.6) is 5.75 Å². The fourth-order valence-corrected chi connectivity index (χ4v) is 2.02. The Morgan fingerprint density at radius 2 is 2.21 bits per heavy atom. The number of halogens is 2. The van der Waals surface area contributed by atoms with Crippen molar-refractivity contribution in [3.05, 3.63) is 39.6 Å². The molecular formula is C12H8BrClN2O3. The first-order chi connectivity index (χ1) is 9.02. The molecule has 2 rings (SSSR count). The summed E-state index contributed by atoms with van der Waals surface area (Å²) in [6.07, 6.45) is 1.39. The molecule has 0 aliphatic rings. The van der Waals surface area contributed by atoms with E-state index in [0.717, 1.165) is 0 Å². The molecule has 98 valence electrons. The summed E-state index contributed by atoms with van der Waals surface area (Å²) in [6.45, 7) is 0. The van der Waals surface area contributed by atoms with Crippen LogP contribution in [-0.4, -0.2) is 28.2 Å². The van der Waals surface area contributed by atoms with Crippen LogP contribution >= 0.6 is 27.5 Å². The van der Waals surface area contributed by atoms with Gasteiger partial charge in [-0.05, 0) is 34.1 Å². The summed E-state index contributed by atoms with van der Waals surface area (Å²) in [5.41, 5.74) is 0.462. The Balaban J connectivity index is 2.59. The molecule has 1 heterocycles.